The van der Waals surface area contributed by atoms with Crippen LogP contribution in [0.4, 0.5) is 0 Å². The van der Waals surface area contributed by atoms with E-state index >= 15 is 0 Å². The molecule has 1 fully saturated rings. The van der Waals surface area contributed by atoms with Crippen LogP contribution in [0.2, 0.25) is 0 Å². The predicted octanol–water partition coefficient (Wildman–Crippen LogP) is 2.96. The van der Waals surface area contributed by atoms with Gasteiger partial charge in [-0.25, -0.2) is 0 Å². The van der Waals surface area contributed by atoms with Crippen molar-refractivity contribution in [3.8, 4) is 0 Å². The molecule has 3 nitrogen and oxygen atoms in total. The maximum absolute atomic E-state index is 7.53. The van der Waals surface area contributed by atoms with Crippen LogP contribution < -0.4 is 5.73 Å². The monoisotopic (exact) mass is 279 g/mol. The van der Waals surface area contributed by atoms with Crippen LogP contribution in [0.15, 0.2) is 54.6 Å². The minimum absolute atomic E-state index is 0.139. The van der Waals surface area contributed by atoms with Crippen molar-refractivity contribution in [2.75, 3.05) is 13.1 Å². The Morgan fingerprint density at radius 3 is 2.71 bits per heavy atom. The average Bonchev–Trinajstić information content (AvgIpc) is 2.97. The van der Waals surface area contributed by atoms with E-state index in [1.54, 1.807) is 0 Å². The standard InChI is InChI=1S/C18H21N3/c19-18(20)16-8-4-5-14(11-16)12-21-10-9-17(13-21)15-6-2-1-3-7-15/h1-8,11,17H,9-10,12-13H2,(H3,19,20). The minimum Gasteiger partial charge on any atom is -0.384 e. The Morgan fingerprint density at radius 1 is 1.14 bits per heavy atom. The molecule has 0 bridgehead atoms. The first-order valence-electron chi connectivity index (χ1n) is 7.43. The highest BCUT2D eigenvalue weighted by molar-refractivity contribution is 5.95. The number of hydrogen-bond acceptors (Lipinski definition) is 2. The van der Waals surface area contributed by atoms with Gasteiger partial charge in [0, 0.05) is 18.7 Å². The average molecular weight is 279 g/mol. The number of benzene rings is 2. The van der Waals surface area contributed by atoms with Gasteiger partial charge in [0.2, 0.25) is 0 Å². The first-order valence-corrected chi connectivity index (χ1v) is 7.43. The molecule has 1 saturated heterocycles. The molecular weight excluding hydrogens is 258 g/mol. The summed E-state index contributed by atoms with van der Waals surface area (Å²) in [7, 11) is 0. The summed E-state index contributed by atoms with van der Waals surface area (Å²) < 4.78 is 0. The molecule has 3 N–H and O–H groups in total. The van der Waals surface area contributed by atoms with Crippen molar-refractivity contribution in [2.45, 2.75) is 18.9 Å². The van der Waals surface area contributed by atoms with E-state index in [9.17, 15) is 0 Å². The molecule has 1 unspecified atom stereocenters. The summed E-state index contributed by atoms with van der Waals surface area (Å²) in [5.74, 6) is 0.780. The molecule has 108 valence electrons. The highest BCUT2D eigenvalue weighted by Crippen LogP contribution is 2.27. The minimum atomic E-state index is 0.139. The second kappa shape index (κ2) is 6.10. The van der Waals surface area contributed by atoms with Gasteiger partial charge in [-0.05, 0) is 36.1 Å². The first-order chi connectivity index (χ1) is 10.2. The lowest BCUT2D eigenvalue weighted by Crippen LogP contribution is -2.20. The smallest absolute Gasteiger partial charge is 0.122 e. The molecular formula is C18H21N3. The molecule has 1 aliphatic heterocycles. The van der Waals surface area contributed by atoms with Crippen LogP contribution in [-0.2, 0) is 6.54 Å². The Balaban J connectivity index is 1.65. The van der Waals surface area contributed by atoms with E-state index < -0.39 is 0 Å². The fourth-order valence-electron chi connectivity index (χ4n) is 3.07. The normalized spacial score (nSPS) is 18.8. The Hall–Kier alpha value is -2.13. The number of hydrogen-bond donors (Lipinski definition) is 2. The highest BCUT2D eigenvalue weighted by Gasteiger charge is 2.23. The summed E-state index contributed by atoms with van der Waals surface area (Å²) in [6.45, 7) is 3.17. The van der Waals surface area contributed by atoms with Gasteiger partial charge in [-0.15, -0.1) is 0 Å². The zero-order chi connectivity index (χ0) is 14.7. The van der Waals surface area contributed by atoms with Gasteiger partial charge in [-0.1, -0.05) is 48.5 Å². The van der Waals surface area contributed by atoms with Gasteiger partial charge in [-0.3, -0.25) is 10.3 Å². The van der Waals surface area contributed by atoms with Crippen molar-refractivity contribution in [1.29, 1.82) is 5.41 Å². The van der Waals surface area contributed by atoms with E-state index in [4.69, 9.17) is 11.1 Å². The second-order valence-electron chi connectivity index (χ2n) is 5.75. The lowest BCUT2D eigenvalue weighted by atomic mass is 9.99. The van der Waals surface area contributed by atoms with Crippen LogP contribution in [0.1, 0.15) is 29.0 Å². The number of likely N-dealkylation sites (tertiary alicyclic amines) is 1. The van der Waals surface area contributed by atoms with Gasteiger partial charge in [0.05, 0.1) is 0 Å². The zero-order valence-corrected chi connectivity index (χ0v) is 12.1. The van der Waals surface area contributed by atoms with Crippen LogP contribution in [-0.4, -0.2) is 23.8 Å². The lowest BCUT2D eigenvalue weighted by molar-refractivity contribution is 0.327. The third-order valence-corrected chi connectivity index (χ3v) is 4.19. The molecule has 0 spiro atoms. The number of amidine groups is 1. The van der Waals surface area contributed by atoms with E-state index in [-0.39, 0.29) is 5.84 Å². The third kappa shape index (κ3) is 3.31. The summed E-state index contributed by atoms with van der Waals surface area (Å²) in [6.07, 6.45) is 1.22. The quantitative estimate of drug-likeness (QED) is 0.668. The number of nitrogens with two attached hydrogens (primary N) is 1. The van der Waals surface area contributed by atoms with Gasteiger partial charge in [-0.2, -0.15) is 0 Å². The first kappa shape index (κ1) is 13.8. The molecule has 2 aromatic carbocycles. The summed E-state index contributed by atoms with van der Waals surface area (Å²) in [4.78, 5) is 2.48. The molecule has 0 amide bonds. The number of rotatable bonds is 4. The second-order valence-corrected chi connectivity index (χ2v) is 5.75. The molecule has 0 aromatic heterocycles. The molecule has 0 aliphatic carbocycles. The fraction of sp³-hybridized carbons (Fsp3) is 0.278. The molecule has 21 heavy (non-hydrogen) atoms. The van der Waals surface area contributed by atoms with Gasteiger partial charge in [0.15, 0.2) is 0 Å². The Morgan fingerprint density at radius 2 is 1.95 bits per heavy atom. The number of nitrogens with one attached hydrogen (secondary N) is 1. The molecule has 1 atom stereocenters. The van der Waals surface area contributed by atoms with Crippen molar-refractivity contribution in [3.63, 3.8) is 0 Å². The highest BCUT2D eigenvalue weighted by atomic mass is 15.1. The van der Waals surface area contributed by atoms with Crippen LogP contribution in [0, 0.1) is 5.41 Å². The van der Waals surface area contributed by atoms with Gasteiger partial charge in [0.1, 0.15) is 5.84 Å². The van der Waals surface area contributed by atoms with E-state index in [1.807, 2.05) is 18.2 Å². The van der Waals surface area contributed by atoms with E-state index in [0.717, 1.165) is 25.2 Å². The predicted molar refractivity (Wildman–Crippen MR) is 86.5 cm³/mol. The van der Waals surface area contributed by atoms with Crippen LogP contribution >= 0.6 is 0 Å². The Kier molecular flexibility index (Phi) is 4.02. The van der Waals surface area contributed by atoms with Crippen molar-refractivity contribution in [1.82, 2.24) is 4.90 Å². The molecule has 1 heterocycles. The van der Waals surface area contributed by atoms with E-state index in [2.05, 4.69) is 41.3 Å². The Labute approximate surface area is 125 Å². The number of nitrogens with zero attached hydrogens (tertiary/aromatic N) is 1. The molecule has 3 rings (SSSR count). The lowest BCUT2D eigenvalue weighted by Gasteiger charge is -2.16. The SMILES string of the molecule is N=C(N)c1cccc(CN2CCC(c3ccccc3)C2)c1. The maximum atomic E-state index is 7.53. The fourth-order valence-corrected chi connectivity index (χ4v) is 3.07. The van der Waals surface area contributed by atoms with Gasteiger partial charge >= 0.3 is 0 Å². The Bertz CT molecular complexity index is 621. The number of nitrogen functional groups attached to an aromatic ring is 1. The van der Waals surface area contributed by atoms with E-state index in [0.29, 0.717) is 5.92 Å². The summed E-state index contributed by atoms with van der Waals surface area (Å²) >= 11 is 0. The van der Waals surface area contributed by atoms with Crippen molar-refractivity contribution >= 4 is 5.84 Å². The third-order valence-electron chi connectivity index (χ3n) is 4.19. The summed E-state index contributed by atoms with van der Waals surface area (Å²) in [5.41, 5.74) is 9.04. The molecule has 0 saturated carbocycles. The zero-order valence-electron chi connectivity index (χ0n) is 12.1. The molecule has 0 radical (unpaired) electrons. The van der Waals surface area contributed by atoms with Crippen LogP contribution in [0.5, 0.6) is 0 Å². The molecule has 3 heteroatoms. The molecule has 1 aliphatic rings. The van der Waals surface area contributed by atoms with Crippen LogP contribution in [0.3, 0.4) is 0 Å². The topological polar surface area (TPSA) is 53.1 Å². The van der Waals surface area contributed by atoms with Crippen molar-refractivity contribution in [2.24, 2.45) is 5.73 Å². The van der Waals surface area contributed by atoms with E-state index in [1.165, 1.54) is 17.5 Å². The van der Waals surface area contributed by atoms with Gasteiger partial charge < -0.3 is 5.73 Å². The van der Waals surface area contributed by atoms with Gasteiger partial charge in [0.25, 0.3) is 0 Å². The molecule has 2 aromatic rings. The van der Waals surface area contributed by atoms with Crippen molar-refractivity contribution in [3.05, 3.63) is 71.3 Å². The summed E-state index contributed by atoms with van der Waals surface area (Å²) in [6, 6.07) is 18.8. The largest absolute Gasteiger partial charge is 0.384 e. The van der Waals surface area contributed by atoms with Crippen LogP contribution in [0.25, 0.3) is 0 Å². The maximum Gasteiger partial charge on any atom is 0.122 e. The van der Waals surface area contributed by atoms with Crippen molar-refractivity contribution < 1.29 is 0 Å². The summed E-state index contributed by atoms with van der Waals surface area (Å²) in [5, 5.41) is 7.53.